The number of hydrogen-bond donors (Lipinski definition) is 2. The molecule has 2 saturated carbocycles. The van der Waals surface area contributed by atoms with Crippen LogP contribution in [0.3, 0.4) is 0 Å². The average Bonchev–Trinajstić information content (AvgIpc) is 3.93. The van der Waals surface area contributed by atoms with E-state index in [0.717, 1.165) is 36.3 Å². The second kappa shape index (κ2) is 13.2. The average molecular weight is 616 g/mol. The number of nitrogens with two attached hydrogens (primary N) is 1. The lowest BCUT2D eigenvalue weighted by atomic mass is 9.92. The van der Waals surface area contributed by atoms with Gasteiger partial charge in [0.05, 0.1) is 6.10 Å². The normalized spacial score (nSPS) is 18.3. The molecule has 2 fully saturated rings. The fourth-order valence-corrected chi connectivity index (χ4v) is 6.04. The number of aliphatic hydroxyl groups is 1. The summed E-state index contributed by atoms with van der Waals surface area (Å²) >= 11 is 5.77. The Balaban J connectivity index is 0.000000162. The third kappa shape index (κ3) is 7.06. The first-order chi connectivity index (χ1) is 21.3. The molecule has 44 heavy (non-hydrogen) atoms. The van der Waals surface area contributed by atoms with Gasteiger partial charge in [-0.3, -0.25) is 9.97 Å². The number of aromatic nitrogens is 2. The van der Waals surface area contributed by atoms with E-state index in [9.17, 15) is 9.50 Å². The standard InChI is InChI=1S/C21H26N2O2.C15H13ClFNO/c1-13(2)9-15(22)12-24-16-5-6-18-17-7-8-23-11-19(17)21(14-3-4-14)25-20(18)10-16;16-10-3-4-12(14(17)7-10)11-5-6-18-8-13(11)15(19)9-1-2-9/h5-8,10-11,13-15,21H,3-4,9,12,22H2,1-2H3;3-9,15,19H,1-2H2/t15-,21?;/m0./s1. The van der Waals surface area contributed by atoms with Gasteiger partial charge < -0.3 is 20.3 Å². The van der Waals surface area contributed by atoms with Crippen LogP contribution in [0.1, 0.15) is 69.3 Å². The van der Waals surface area contributed by atoms with Gasteiger partial charge in [0.2, 0.25) is 0 Å². The van der Waals surface area contributed by atoms with Crippen LogP contribution < -0.4 is 15.2 Å². The zero-order valence-corrected chi connectivity index (χ0v) is 25.9. The Labute approximate surface area is 263 Å². The number of fused-ring (bicyclic) bond motifs is 3. The smallest absolute Gasteiger partial charge is 0.132 e. The zero-order valence-electron chi connectivity index (χ0n) is 25.1. The van der Waals surface area contributed by atoms with E-state index >= 15 is 0 Å². The van der Waals surface area contributed by atoms with E-state index < -0.39 is 6.10 Å². The summed E-state index contributed by atoms with van der Waals surface area (Å²) in [5, 5.41) is 10.6. The molecule has 3 heterocycles. The van der Waals surface area contributed by atoms with Gasteiger partial charge in [-0.25, -0.2) is 4.39 Å². The van der Waals surface area contributed by atoms with Crippen LogP contribution in [0, 0.1) is 23.6 Å². The molecule has 6 nitrogen and oxygen atoms in total. The topological polar surface area (TPSA) is 90.5 Å². The van der Waals surface area contributed by atoms with Gasteiger partial charge in [0.15, 0.2) is 0 Å². The van der Waals surface area contributed by atoms with E-state index in [1.165, 1.54) is 30.0 Å². The van der Waals surface area contributed by atoms with Crippen molar-refractivity contribution in [2.24, 2.45) is 23.5 Å². The molecule has 3 aliphatic rings. The van der Waals surface area contributed by atoms with Gasteiger partial charge in [-0.15, -0.1) is 0 Å². The first kappa shape index (κ1) is 30.5. The van der Waals surface area contributed by atoms with Crippen LogP contribution in [-0.2, 0) is 0 Å². The molecule has 7 rings (SSSR count). The number of ether oxygens (including phenoxy) is 2. The van der Waals surface area contributed by atoms with Crippen LogP contribution in [0.15, 0.2) is 73.3 Å². The molecule has 2 aromatic heterocycles. The molecule has 4 aromatic rings. The Kier molecular flexibility index (Phi) is 9.17. The molecule has 0 saturated heterocycles. The summed E-state index contributed by atoms with van der Waals surface area (Å²) in [6.45, 7) is 4.89. The first-order valence-electron chi connectivity index (χ1n) is 15.5. The minimum atomic E-state index is -0.571. The maximum absolute atomic E-state index is 14.0. The molecule has 230 valence electrons. The number of nitrogens with zero attached hydrogens (tertiary/aromatic N) is 2. The summed E-state index contributed by atoms with van der Waals surface area (Å²) < 4.78 is 26.3. The highest BCUT2D eigenvalue weighted by Crippen LogP contribution is 2.51. The maximum atomic E-state index is 14.0. The molecule has 0 radical (unpaired) electrons. The van der Waals surface area contributed by atoms with Gasteiger partial charge in [-0.2, -0.15) is 0 Å². The van der Waals surface area contributed by atoms with Crippen LogP contribution in [0.5, 0.6) is 11.5 Å². The molecule has 1 aliphatic heterocycles. The highest BCUT2D eigenvalue weighted by atomic mass is 35.5. The predicted octanol–water partition coefficient (Wildman–Crippen LogP) is 8.33. The van der Waals surface area contributed by atoms with Crippen LogP contribution in [0.4, 0.5) is 4.39 Å². The van der Waals surface area contributed by atoms with Gasteiger partial charge in [0.25, 0.3) is 0 Å². The second-order valence-corrected chi connectivity index (χ2v) is 13.0. The number of benzene rings is 2. The number of halogens is 2. The largest absolute Gasteiger partial charge is 0.492 e. The SMILES string of the molecule is CC(C)C[C@H](N)COc1ccc2c(c1)OC(C1CC1)c1cnccc1-2.OC(c1cnccc1-c1ccc(Cl)cc1F)C1CC1. The van der Waals surface area contributed by atoms with Gasteiger partial charge in [-0.05, 0) is 97.5 Å². The highest BCUT2D eigenvalue weighted by molar-refractivity contribution is 6.30. The van der Waals surface area contributed by atoms with Crippen molar-refractivity contribution in [2.75, 3.05) is 6.61 Å². The molecule has 0 bridgehead atoms. The number of rotatable bonds is 9. The van der Waals surface area contributed by atoms with E-state index in [4.69, 9.17) is 26.8 Å². The quantitative estimate of drug-likeness (QED) is 0.197. The molecule has 3 N–H and O–H groups in total. The van der Waals surface area contributed by atoms with Crippen molar-refractivity contribution in [1.29, 1.82) is 0 Å². The summed E-state index contributed by atoms with van der Waals surface area (Å²) in [7, 11) is 0. The van der Waals surface area contributed by atoms with Gasteiger partial charge in [-0.1, -0.05) is 25.4 Å². The fourth-order valence-electron chi connectivity index (χ4n) is 5.88. The zero-order chi connectivity index (χ0) is 30.8. The number of pyridine rings is 2. The summed E-state index contributed by atoms with van der Waals surface area (Å²) in [5.74, 6) is 2.81. The van der Waals surface area contributed by atoms with Crippen LogP contribution in [-0.4, -0.2) is 27.7 Å². The Morgan fingerprint density at radius 3 is 2.39 bits per heavy atom. The van der Waals surface area contributed by atoms with Crippen molar-refractivity contribution in [1.82, 2.24) is 9.97 Å². The lowest BCUT2D eigenvalue weighted by molar-refractivity contribution is 0.154. The van der Waals surface area contributed by atoms with Gasteiger partial charge in [0.1, 0.15) is 30.0 Å². The monoisotopic (exact) mass is 615 g/mol. The lowest BCUT2D eigenvalue weighted by Crippen LogP contribution is -2.29. The first-order valence-corrected chi connectivity index (χ1v) is 15.9. The Bertz CT molecular complexity index is 1610. The Morgan fingerprint density at radius 2 is 1.68 bits per heavy atom. The van der Waals surface area contributed by atoms with Crippen molar-refractivity contribution in [3.05, 3.63) is 95.3 Å². The Hall–Kier alpha value is -3.52. The van der Waals surface area contributed by atoms with Crippen molar-refractivity contribution in [3.63, 3.8) is 0 Å². The minimum absolute atomic E-state index is 0.0583. The molecular weight excluding hydrogens is 577 g/mol. The minimum Gasteiger partial charge on any atom is -0.492 e. The van der Waals surface area contributed by atoms with E-state index in [-0.39, 0.29) is 23.9 Å². The Morgan fingerprint density at radius 1 is 0.955 bits per heavy atom. The van der Waals surface area contributed by atoms with Crippen molar-refractivity contribution >= 4 is 11.6 Å². The molecule has 3 atom stereocenters. The molecule has 8 heteroatoms. The van der Waals surface area contributed by atoms with Crippen LogP contribution >= 0.6 is 11.6 Å². The van der Waals surface area contributed by atoms with E-state index in [0.29, 0.717) is 40.2 Å². The van der Waals surface area contributed by atoms with Crippen molar-refractivity contribution in [2.45, 2.75) is 64.2 Å². The summed E-state index contributed by atoms with van der Waals surface area (Å²) in [6, 6.07) is 14.5. The third-order valence-corrected chi connectivity index (χ3v) is 8.64. The van der Waals surface area contributed by atoms with E-state index in [1.807, 2.05) is 24.5 Å². The fraction of sp³-hybridized carbons (Fsp3) is 0.389. The molecule has 2 aliphatic carbocycles. The molecule has 2 aromatic carbocycles. The number of aliphatic hydroxyl groups excluding tert-OH is 1. The maximum Gasteiger partial charge on any atom is 0.132 e. The summed E-state index contributed by atoms with van der Waals surface area (Å²) in [6.07, 6.45) is 12.0. The van der Waals surface area contributed by atoms with Crippen molar-refractivity contribution in [3.8, 4) is 33.8 Å². The van der Waals surface area contributed by atoms with E-state index in [2.05, 4.69) is 35.9 Å². The van der Waals surface area contributed by atoms with E-state index in [1.54, 1.807) is 30.6 Å². The highest BCUT2D eigenvalue weighted by Gasteiger charge is 2.38. The summed E-state index contributed by atoms with van der Waals surface area (Å²) in [5.41, 5.74) is 11.5. The lowest BCUT2D eigenvalue weighted by Gasteiger charge is -2.29. The molecule has 2 unspecified atom stereocenters. The van der Waals surface area contributed by atoms with Crippen LogP contribution in [0.25, 0.3) is 22.3 Å². The predicted molar refractivity (Wildman–Crippen MR) is 171 cm³/mol. The van der Waals surface area contributed by atoms with Gasteiger partial charge >= 0.3 is 0 Å². The van der Waals surface area contributed by atoms with Crippen LogP contribution in [0.2, 0.25) is 5.02 Å². The number of hydrogen-bond acceptors (Lipinski definition) is 6. The van der Waals surface area contributed by atoms with Gasteiger partial charge in [0, 0.05) is 70.1 Å². The molecule has 0 amide bonds. The second-order valence-electron chi connectivity index (χ2n) is 12.6. The van der Waals surface area contributed by atoms with Crippen molar-refractivity contribution < 1.29 is 19.0 Å². The third-order valence-electron chi connectivity index (χ3n) is 8.40. The molecule has 0 spiro atoms. The summed E-state index contributed by atoms with van der Waals surface area (Å²) in [4.78, 5) is 8.34. The molecular formula is C36H39ClFN3O3.